The summed E-state index contributed by atoms with van der Waals surface area (Å²) in [6, 6.07) is 0. The van der Waals surface area contributed by atoms with E-state index >= 15 is 0 Å². The maximum absolute atomic E-state index is 8.70. The van der Waals surface area contributed by atoms with E-state index in [1.54, 1.807) is 12.4 Å². The van der Waals surface area contributed by atoms with Crippen molar-refractivity contribution in [2.45, 2.75) is 11.9 Å². The van der Waals surface area contributed by atoms with E-state index in [0.717, 1.165) is 5.56 Å². The third kappa shape index (κ3) is 5.02. The van der Waals surface area contributed by atoms with E-state index in [9.17, 15) is 0 Å². The van der Waals surface area contributed by atoms with E-state index in [0.29, 0.717) is 31.0 Å². The molecule has 3 nitrogen and oxygen atoms in total. The summed E-state index contributed by atoms with van der Waals surface area (Å²) in [6.45, 7) is -0.153. The molecule has 2 aromatic heterocycles. The van der Waals surface area contributed by atoms with E-state index in [4.69, 9.17) is 51.5 Å². The smallest absolute Gasteiger partial charge is 0.0712 e. The fourth-order valence-corrected chi connectivity index (χ4v) is 3.06. The molecule has 2 rings (SSSR count). The highest BCUT2D eigenvalue weighted by Gasteiger charge is 2.03. The molecule has 0 bridgehead atoms. The van der Waals surface area contributed by atoms with Gasteiger partial charge in [0.05, 0.1) is 26.7 Å². The molecule has 8 heteroatoms. The lowest BCUT2D eigenvalue weighted by Crippen LogP contribution is -1.87. The number of pyridine rings is 2. The van der Waals surface area contributed by atoms with Gasteiger partial charge < -0.3 is 5.11 Å². The molecule has 108 valence electrons. The molecule has 0 aliphatic rings. The molecule has 0 spiro atoms. The van der Waals surface area contributed by atoms with Crippen molar-refractivity contribution in [1.82, 2.24) is 9.97 Å². The van der Waals surface area contributed by atoms with Crippen LogP contribution < -0.4 is 0 Å². The minimum atomic E-state index is -0.153. The second kappa shape index (κ2) is 9.03. The second-order valence-electron chi connectivity index (χ2n) is 3.46. The van der Waals surface area contributed by atoms with Crippen molar-refractivity contribution in [2.75, 3.05) is 0 Å². The average Bonchev–Trinajstić information content (AvgIpc) is 2.40. The average molecular weight is 419 g/mol. The number of alkyl halides is 1. The Hall–Kier alpha value is -0.100. The summed E-state index contributed by atoms with van der Waals surface area (Å²) in [5, 5.41) is 11.4. The Morgan fingerprint density at radius 3 is 1.35 bits per heavy atom. The first-order valence-corrected chi connectivity index (χ1v) is 7.87. The van der Waals surface area contributed by atoms with Crippen LogP contribution in [-0.4, -0.2) is 15.1 Å². The minimum Gasteiger partial charge on any atom is -0.392 e. The molecule has 0 saturated heterocycles. The van der Waals surface area contributed by atoms with Crippen LogP contribution >= 0.6 is 62.3 Å². The van der Waals surface area contributed by atoms with Crippen molar-refractivity contribution in [3.05, 3.63) is 56.0 Å². The van der Waals surface area contributed by atoms with E-state index in [1.165, 1.54) is 12.4 Å². The highest BCUT2D eigenvalue weighted by atomic mass is 79.9. The van der Waals surface area contributed by atoms with Crippen LogP contribution in [0.25, 0.3) is 0 Å². The molecule has 0 aromatic carbocycles. The predicted molar refractivity (Wildman–Crippen MR) is 87.1 cm³/mol. The molecule has 0 atom stereocenters. The van der Waals surface area contributed by atoms with Crippen LogP contribution in [0, 0.1) is 0 Å². The first kappa shape index (κ1) is 18.0. The molecular weight excluding hydrogens is 410 g/mol. The van der Waals surface area contributed by atoms with Gasteiger partial charge in [-0.25, -0.2) is 0 Å². The Labute approximate surface area is 145 Å². The normalized spacial score (nSPS) is 9.90. The van der Waals surface area contributed by atoms with Gasteiger partial charge in [0.1, 0.15) is 0 Å². The molecule has 0 aliphatic carbocycles. The Bertz CT molecular complexity index is 491. The Balaban J connectivity index is 0.000000200. The third-order valence-corrected chi connectivity index (χ3v) is 4.06. The zero-order chi connectivity index (χ0) is 15.1. The van der Waals surface area contributed by atoms with Crippen LogP contribution in [0.15, 0.2) is 24.8 Å². The van der Waals surface area contributed by atoms with Crippen molar-refractivity contribution < 1.29 is 5.11 Å². The molecule has 0 saturated carbocycles. The van der Waals surface area contributed by atoms with Crippen LogP contribution in [-0.2, 0) is 11.9 Å². The first-order chi connectivity index (χ1) is 9.51. The summed E-state index contributed by atoms with van der Waals surface area (Å²) < 4.78 is 0. The van der Waals surface area contributed by atoms with Crippen LogP contribution in [0.2, 0.25) is 20.1 Å². The fourth-order valence-electron chi connectivity index (χ4n) is 1.15. The molecule has 20 heavy (non-hydrogen) atoms. The van der Waals surface area contributed by atoms with E-state index in [1.807, 2.05) is 0 Å². The molecule has 2 aromatic rings. The van der Waals surface area contributed by atoms with E-state index in [2.05, 4.69) is 25.9 Å². The minimum absolute atomic E-state index is 0.153. The highest BCUT2D eigenvalue weighted by molar-refractivity contribution is 9.08. The van der Waals surface area contributed by atoms with Crippen molar-refractivity contribution in [2.24, 2.45) is 0 Å². The summed E-state index contributed by atoms with van der Waals surface area (Å²) >= 11 is 26.0. The molecule has 0 aliphatic heterocycles. The standard InChI is InChI=1S/C6H4BrCl2N.C6H5Cl2NO/c7-1-4-5(8)2-10-3-6(4)9;7-5-1-9-2-6(8)4(5)3-10/h2-3H,1H2;1-2,10H,3H2. The van der Waals surface area contributed by atoms with Crippen molar-refractivity contribution in [1.29, 1.82) is 0 Å². The lowest BCUT2D eigenvalue weighted by molar-refractivity contribution is 0.282. The summed E-state index contributed by atoms with van der Waals surface area (Å²) in [6.07, 6.45) is 6.03. The van der Waals surface area contributed by atoms with Gasteiger partial charge in [0, 0.05) is 41.2 Å². The summed E-state index contributed by atoms with van der Waals surface area (Å²) in [7, 11) is 0. The van der Waals surface area contributed by atoms with E-state index < -0.39 is 0 Å². The maximum atomic E-state index is 8.70. The Kier molecular flexibility index (Phi) is 8.10. The van der Waals surface area contributed by atoms with Gasteiger partial charge in [-0.3, -0.25) is 9.97 Å². The molecule has 0 amide bonds. The van der Waals surface area contributed by atoms with Gasteiger partial charge in [-0.2, -0.15) is 0 Å². The van der Waals surface area contributed by atoms with Crippen LogP contribution in [0.4, 0.5) is 0 Å². The van der Waals surface area contributed by atoms with Gasteiger partial charge in [0.2, 0.25) is 0 Å². The van der Waals surface area contributed by atoms with E-state index in [-0.39, 0.29) is 6.61 Å². The second-order valence-corrected chi connectivity index (χ2v) is 5.64. The molecular formula is C12H9BrCl4N2O. The zero-order valence-electron chi connectivity index (χ0n) is 9.96. The lowest BCUT2D eigenvalue weighted by atomic mass is 10.3. The molecule has 1 N–H and O–H groups in total. The number of nitrogens with zero attached hydrogens (tertiary/aromatic N) is 2. The van der Waals surface area contributed by atoms with Crippen LogP contribution in [0.1, 0.15) is 11.1 Å². The number of aliphatic hydroxyl groups is 1. The quantitative estimate of drug-likeness (QED) is 0.685. The SMILES string of the molecule is Clc1cncc(Cl)c1CBr.OCc1c(Cl)cncc1Cl. The lowest BCUT2D eigenvalue weighted by Gasteiger charge is -1.99. The topological polar surface area (TPSA) is 46.0 Å². The van der Waals surface area contributed by atoms with Crippen molar-refractivity contribution in [3.63, 3.8) is 0 Å². The molecule has 0 unspecified atom stereocenters. The van der Waals surface area contributed by atoms with Gasteiger partial charge in [-0.15, -0.1) is 0 Å². The first-order valence-electron chi connectivity index (χ1n) is 5.23. The number of hydrogen-bond donors (Lipinski definition) is 1. The van der Waals surface area contributed by atoms with Crippen molar-refractivity contribution in [3.8, 4) is 0 Å². The summed E-state index contributed by atoms with van der Waals surface area (Å²) in [4.78, 5) is 7.53. The Morgan fingerprint density at radius 2 is 1.15 bits per heavy atom. The monoisotopic (exact) mass is 416 g/mol. The van der Waals surface area contributed by atoms with Crippen LogP contribution in [0.3, 0.4) is 0 Å². The van der Waals surface area contributed by atoms with Crippen molar-refractivity contribution >= 4 is 62.3 Å². The van der Waals surface area contributed by atoms with Gasteiger partial charge in [0.15, 0.2) is 0 Å². The summed E-state index contributed by atoms with van der Waals surface area (Å²) in [5.74, 6) is 0. The largest absolute Gasteiger partial charge is 0.392 e. The van der Waals surface area contributed by atoms with Gasteiger partial charge in [-0.1, -0.05) is 62.3 Å². The number of rotatable bonds is 2. The zero-order valence-corrected chi connectivity index (χ0v) is 14.6. The van der Waals surface area contributed by atoms with Gasteiger partial charge in [0.25, 0.3) is 0 Å². The fraction of sp³-hybridized carbons (Fsp3) is 0.167. The number of aromatic nitrogens is 2. The molecule has 0 radical (unpaired) electrons. The van der Waals surface area contributed by atoms with Gasteiger partial charge in [-0.05, 0) is 0 Å². The summed E-state index contributed by atoms with van der Waals surface area (Å²) in [5.41, 5.74) is 1.41. The highest BCUT2D eigenvalue weighted by Crippen LogP contribution is 2.24. The number of aliphatic hydroxyl groups excluding tert-OH is 1. The number of halogens is 5. The molecule has 0 fully saturated rings. The Morgan fingerprint density at radius 1 is 0.800 bits per heavy atom. The number of hydrogen-bond acceptors (Lipinski definition) is 3. The third-order valence-electron chi connectivity index (χ3n) is 2.20. The maximum Gasteiger partial charge on any atom is 0.0712 e. The van der Waals surface area contributed by atoms with Gasteiger partial charge >= 0.3 is 0 Å². The molecule has 2 heterocycles. The van der Waals surface area contributed by atoms with Crippen LogP contribution in [0.5, 0.6) is 0 Å². The predicted octanol–water partition coefficient (Wildman–Crippen LogP) is 5.16.